The van der Waals surface area contributed by atoms with Crippen LogP contribution in [-0.2, 0) is 11.3 Å². The van der Waals surface area contributed by atoms with E-state index >= 15 is 0 Å². The average Bonchev–Trinajstić information content (AvgIpc) is 2.61. The van der Waals surface area contributed by atoms with Crippen molar-refractivity contribution in [1.82, 2.24) is 9.88 Å². The molecular formula is C19H26N4O2. The number of nitrogens with one attached hydrogen (secondary N) is 1. The Morgan fingerprint density at radius 2 is 1.92 bits per heavy atom. The molecule has 1 heterocycles. The Balaban J connectivity index is 1.99. The molecule has 0 spiro atoms. The first-order valence-electron chi connectivity index (χ1n) is 8.32. The zero-order valence-corrected chi connectivity index (χ0v) is 15.3. The van der Waals surface area contributed by atoms with Crippen LogP contribution >= 0.6 is 0 Å². The SMILES string of the molecule is CCN(CC(=O)Nc1ccccc1OC)Cc1cccc(N(C)C)n1. The summed E-state index contributed by atoms with van der Waals surface area (Å²) < 4.78 is 5.27. The fourth-order valence-corrected chi connectivity index (χ4v) is 2.45. The lowest BCUT2D eigenvalue weighted by Gasteiger charge is -2.21. The van der Waals surface area contributed by atoms with Gasteiger partial charge in [-0.2, -0.15) is 0 Å². The monoisotopic (exact) mass is 342 g/mol. The van der Waals surface area contributed by atoms with Gasteiger partial charge in [-0.25, -0.2) is 4.98 Å². The first kappa shape index (κ1) is 18.7. The third-order valence-electron chi connectivity index (χ3n) is 3.83. The lowest BCUT2D eigenvalue weighted by Crippen LogP contribution is -2.33. The number of hydrogen-bond acceptors (Lipinski definition) is 5. The largest absolute Gasteiger partial charge is 0.495 e. The maximum atomic E-state index is 12.4. The summed E-state index contributed by atoms with van der Waals surface area (Å²) in [5.74, 6) is 1.49. The summed E-state index contributed by atoms with van der Waals surface area (Å²) in [4.78, 5) is 21.0. The van der Waals surface area contributed by atoms with Crippen LogP contribution in [0.2, 0.25) is 0 Å². The predicted molar refractivity (Wildman–Crippen MR) is 101 cm³/mol. The van der Waals surface area contributed by atoms with Crippen molar-refractivity contribution < 1.29 is 9.53 Å². The first-order valence-corrected chi connectivity index (χ1v) is 8.32. The Kier molecular flexibility index (Phi) is 6.77. The number of carbonyl (C=O) groups is 1. The fourth-order valence-electron chi connectivity index (χ4n) is 2.45. The molecule has 0 unspecified atom stereocenters. The second kappa shape index (κ2) is 9.03. The number of benzene rings is 1. The molecule has 134 valence electrons. The van der Waals surface area contributed by atoms with E-state index < -0.39 is 0 Å². The predicted octanol–water partition coefficient (Wildman–Crippen LogP) is 2.62. The molecule has 1 amide bonds. The minimum Gasteiger partial charge on any atom is -0.495 e. The van der Waals surface area contributed by atoms with Gasteiger partial charge in [-0.05, 0) is 30.8 Å². The highest BCUT2D eigenvalue weighted by atomic mass is 16.5. The Labute approximate surface area is 149 Å². The van der Waals surface area contributed by atoms with Crippen molar-refractivity contribution in [3.05, 3.63) is 48.2 Å². The Morgan fingerprint density at radius 1 is 1.16 bits per heavy atom. The van der Waals surface area contributed by atoms with E-state index in [1.807, 2.05) is 73.3 Å². The molecule has 25 heavy (non-hydrogen) atoms. The summed E-state index contributed by atoms with van der Waals surface area (Å²) >= 11 is 0. The van der Waals surface area contributed by atoms with Gasteiger partial charge in [-0.15, -0.1) is 0 Å². The van der Waals surface area contributed by atoms with Gasteiger partial charge in [0.1, 0.15) is 11.6 Å². The van der Waals surface area contributed by atoms with E-state index in [0.29, 0.717) is 24.5 Å². The van der Waals surface area contributed by atoms with Crippen molar-refractivity contribution in [2.24, 2.45) is 0 Å². The van der Waals surface area contributed by atoms with Gasteiger partial charge in [-0.3, -0.25) is 9.69 Å². The highest BCUT2D eigenvalue weighted by Gasteiger charge is 2.13. The maximum absolute atomic E-state index is 12.4. The molecule has 0 radical (unpaired) electrons. The number of methoxy groups -OCH3 is 1. The standard InChI is InChI=1S/C19H26N4O2/c1-5-23(13-15-9-8-12-18(20-15)22(2)3)14-19(24)21-16-10-6-7-11-17(16)25-4/h6-12H,5,13-14H2,1-4H3,(H,21,24). The third-order valence-corrected chi connectivity index (χ3v) is 3.83. The van der Waals surface area contributed by atoms with Crippen LogP contribution < -0.4 is 15.0 Å². The van der Waals surface area contributed by atoms with Gasteiger partial charge >= 0.3 is 0 Å². The summed E-state index contributed by atoms with van der Waals surface area (Å²) in [5.41, 5.74) is 1.62. The highest BCUT2D eigenvalue weighted by molar-refractivity contribution is 5.93. The van der Waals surface area contributed by atoms with Gasteiger partial charge in [0, 0.05) is 20.6 Å². The molecular weight excluding hydrogens is 316 g/mol. The van der Waals surface area contributed by atoms with E-state index in [-0.39, 0.29) is 5.91 Å². The maximum Gasteiger partial charge on any atom is 0.238 e. The van der Waals surface area contributed by atoms with Crippen LogP contribution in [0.5, 0.6) is 5.75 Å². The molecule has 6 heteroatoms. The lowest BCUT2D eigenvalue weighted by atomic mass is 10.3. The summed E-state index contributed by atoms with van der Waals surface area (Å²) in [6, 6.07) is 13.3. The molecule has 0 aliphatic heterocycles. The Bertz CT molecular complexity index is 703. The van der Waals surface area contributed by atoms with Gasteiger partial charge in [-0.1, -0.05) is 25.1 Å². The molecule has 1 N–H and O–H groups in total. The van der Waals surface area contributed by atoms with Crippen molar-refractivity contribution >= 4 is 17.4 Å². The van der Waals surface area contributed by atoms with Gasteiger partial charge < -0.3 is 15.0 Å². The van der Waals surface area contributed by atoms with Crippen molar-refractivity contribution in [3.8, 4) is 5.75 Å². The molecule has 0 saturated heterocycles. The van der Waals surface area contributed by atoms with Crippen molar-refractivity contribution in [1.29, 1.82) is 0 Å². The molecule has 2 rings (SSSR count). The number of rotatable bonds is 8. The second-order valence-corrected chi connectivity index (χ2v) is 5.93. The lowest BCUT2D eigenvalue weighted by molar-refractivity contribution is -0.117. The molecule has 0 bridgehead atoms. The van der Waals surface area contributed by atoms with Gasteiger partial charge in [0.2, 0.25) is 5.91 Å². The molecule has 0 fully saturated rings. The van der Waals surface area contributed by atoms with Crippen LogP contribution in [0.4, 0.5) is 11.5 Å². The van der Waals surface area contributed by atoms with E-state index in [2.05, 4.69) is 10.3 Å². The number of pyridine rings is 1. The number of carbonyl (C=O) groups excluding carboxylic acids is 1. The van der Waals surface area contributed by atoms with E-state index in [9.17, 15) is 4.79 Å². The summed E-state index contributed by atoms with van der Waals surface area (Å²) in [6.07, 6.45) is 0. The molecule has 2 aromatic rings. The zero-order chi connectivity index (χ0) is 18.2. The molecule has 0 saturated carbocycles. The van der Waals surface area contributed by atoms with Crippen molar-refractivity contribution in [3.63, 3.8) is 0 Å². The van der Waals surface area contributed by atoms with Crippen LogP contribution in [0.15, 0.2) is 42.5 Å². The summed E-state index contributed by atoms with van der Waals surface area (Å²) in [5, 5.41) is 2.91. The van der Waals surface area contributed by atoms with Crippen molar-refractivity contribution in [2.45, 2.75) is 13.5 Å². The Hall–Kier alpha value is -2.60. The first-order chi connectivity index (χ1) is 12.0. The van der Waals surface area contributed by atoms with Crippen LogP contribution in [0.1, 0.15) is 12.6 Å². The molecule has 6 nitrogen and oxygen atoms in total. The minimum absolute atomic E-state index is 0.0740. The van der Waals surface area contributed by atoms with Gasteiger partial charge in [0.25, 0.3) is 0 Å². The minimum atomic E-state index is -0.0740. The normalized spacial score (nSPS) is 10.6. The van der Waals surface area contributed by atoms with Gasteiger partial charge in [0.15, 0.2) is 0 Å². The molecule has 1 aromatic carbocycles. The topological polar surface area (TPSA) is 57.7 Å². The number of amides is 1. The highest BCUT2D eigenvalue weighted by Crippen LogP contribution is 2.22. The van der Waals surface area contributed by atoms with E-state index in [1.54, 1.807) is 7.11 Å². The molecule has 0 atom stereocenters. The van der Waals surface area contributed by atoms with Crippen molar-refractivity contribution in [2.75, 3.05) is 44.5 Å². The average molecular weight is 342 g/mol. The van der Waals surface area contributed by atoms with E-state index in [4.69, 9.17) is 4.74 Å². The number of aromatic nitrogens is 1. The van der Waals surface area contributed by atoms with Crippen LogP contribution in [0.25, 0.3) is 0 Å². The van der Waals surface area contributed by atoms with E-state index in [0.717, 1.165) is 18.1 Å². The number of anilines is 2. The van der Waals surface area contributed by atoms with Crippen LogP contribution in [0.3, 0.4) is 0 Å². The number of nitrogens with zero attached hydrogens (tertiary/aromatic N) is 3. The molecule has 0 aliphatic carbocycles. The number of ether oxygens (including phenoxy) is 1. The van der Waals surface area contributed by atoms with E-state index in [1.165, 1.54) is 0 Å². The molecule has 0 aliphatic rings. The second-order valence-electron chi connectivity index (χ2n) is 5.93. The smallest absolute Gasteiger partial charge is 0.238 e. The summed E-state index contributed by atoms with van der Waals surface area (Å²) in [7, 11) is 5.52. The number of para-hydroxylation sites is 2. The summed E-state index contributed by atoms with van der Waals surface area (Å²) in [6.45, 7) is 3.71. The van der Waals surface area contributed by atoms with Gasteiger partial charge in [0.05, 0.1) is 25.0 Å². The number of hydrogen-bond donors (Lipinski definition) is 1. The van der Waals surface area contributed by atoms with Crippen LogP contribution in [-0.4, -0.2) is 50.1 Å². The number of likely N-dealkylation sites (N-methyl/N-ethyl adjacent to an activating group) is 1. The quantitative estimate of drug-likeness (QED) is 0.799. The zero-order valence-electron chi connectivity index (χ0n) is 15.3. The Morgan fingerprint density at radius 3 is 2.60 bits per heavy atom. The molecule has 1 aromatic heterocycles. The fraction of sp³-hybridized carbons (Fsp3) is 0.368. The third kappa shape index (κ3) is 5.46. The van der Waals surface area contributed by atoms with Crippen LogP contribution in [0, 0.1) is 0 Å².